The van der Waals surface area contributed by atoms with Crippen LogP contribution in [0.1, 0.15) is 43.6 Å². The maximum Gasteiger partial charge on any atom is 0.491 e. The third-order valence-electron chi connectivity index (χ3n) is 4.38. The molecule has 0 amide bonds. The van der Waals surface area contributed by atoms with Crippen molar-refractivity contribution < 1.29 is 23.6 Å². The van der Waals surface area contributed by atoms with Crippen LogP contribution in [0, 0.1) is 5.82 Å². The molecule has 3 N–H and O–H groups in total. The highest BCUT2D eigenvalue weighted by molar-refractivity contribution is 6.56. The molecule has 1 saturated heterocycles. The molecule has 1 aromatic rings. The van der Waals surface area contributed by atoms with Gasteiger partial charge in [0.1, 0.15) is 5.82 Å². The van der Waals surface area contributed by atoms with Crippen LogP contribution in [0.3, 0.4) is 0 Å². The summed E-state index contributed by atoms with van der Waals surface area (Å²) in [5.74, 6) is -1.81. The Balaban J connectivity index is 2.40. The lowest BCUT2D eigenvalue weighted by atomic mass is 9.77. The van der Waals surface area contributed by atoms with Gasteiger partial charge in [-0.3, -0.25) is 0 Å². The Morgan fingerprint density at radius 3 is 2.35 bits per heavy atom. The summed E-state index contributed by atoms with van der Waals surface area (Å²) in [6.45, 7) is 7.81. The average Bonchev–Trinajstić information content (AvgIpc) is 2.65. The molecule has 0 spiro atoms. The molecule has 0 atom stereocenters. The number of aromatic carboxylic acids is 1. The summed E-state index contributed by atoms with van der Waals surface area (Å²) < 4.78 is 25.1. The lowest BCUT2D eigenvalue weighted by Gasteiger charge is -2.32. The number of benzene rings is 1. The molecule has 0 aromatic heterocycles. The summed E-state index contributed by atoms with van der Waals surface area (Å²) in [5, 5.41) is 9.22. The van der Waals surface area contributed by atoms with Gasteiger partial charge < -0.3 is 20.1 Å². The van der Waals surface area contributed by atoms with Crippen molar-refractivity contribution in [2.75, 3.05) is 6.54 Å². The fourth-order valence-corrected chi connectivity index (χ4v) is 2.26. The van der Waals surface area contributed by atoms with Gasteiger partial charge in [-0.1, -0.05) is 12.1 Å². The van der Waals surface area contributed by atoms with E-state index in [0.29, 0.717) is 11.0 Å². The van der Waals surface area contributed by atoms with Gasteiger partial charge in [-0.2, -0.15) is 0 Å². The molecule has 2 rings (SSSR count). The van der Waals surface area contributed by atoms with Crippen molar-refractivity contribution >= 4 is 19.2 Å². The monoisotopic (exact) mass is 321 g/mol. The van der Waals surface area contributed by atoms with E-state index in [-0.39, 0.29) is 12.1 Å². The van der Waals surface area contributed by atoms with Crippen molar-refractivity contribution in [3.63, 3.8) is 0 Å². The van der Waals surface area contributed by atoms with Crippen LogP contribution in [0.4, 0.5) is 4.39 Å². The SMILES string of the molecule is CC1(C)OB(C(=Cc2ccc(F)cc2C(=O)O)CN)OC1(C)C. The number of carboxylic acids is 1. The largest absolute Gasteiger partial charge is 0.491 e. The predicted molar refractivity (Wildman–Crippen MR) is 86.5 cm³/mol. The summed E-state index contributed by atoms with van der Waals surface area (Å²) in [6, 6.07) is 3.59. The molecule has 1 heterocycles. The van der Waals surface area contributed by atoms with Crippen LogP contribution in [-0.4, -0.2) is 35.9 Å². The number of hydrogen-bond acceptors (Lipinski definition) is 4. The van der Waals surface area contributed by atoms with Crippen LogP contribution >= 0.6 is 0 Å². The number of carboxylic acid groups (broad SMARTS) is 1. The molecule has 0 saturated carbocycles. The Morgan fingerprint density at radius 2 is 1.87 bits per heavy atom. The summed E-state index contributed by atoms with van der Waals surface area (Å²) in [6.07, 6.45) is 1.59. The van der Waals surface area contributed by atoms with E-state index < -0.39 is 30.1 Å². The zero-order valence-corrected chi connectivity index (χ0v) is 13.7. The average molecular weight is 321 g/mol. The normalized spacial score (nSPS) is 19.9. The Labute approximate surface area is 135 Å². The minimum Gasteiger partial charge on any atom is -0.478 e. The highest BCUT2D eigenvalue weighted by atomic mass is 19.1. The van der Waals surface area contributed by atoms with Crippen LogP contribution in [0.25, 0.3) is 6.08 Å². The van der Waals surface area contributed by atoms with Crippen LogP contribution in [0.2, 0.25) is 0 Å². The van der Waals surface area contributed by atoms with E-state index in [4.69, 9.17) is 15.0 Å². The van der Waals surface area contributed by atoms with Crippen molar-refractivity contribution in [2.45, 2.75) is 38.9 Å². The van der Waals surface area contributed by atoms with Gasteiger partial charge in [0.2, 0.25) is 0 Å². The van der Waals surface area contributed by atoms with E-state index in [0.717, 1.165) is 6.07 Å². The van der Waals surface area contributed by atoms with Gasteiger partial charge >= 0.3 is 13.1 Å². The number of carbonyl (C=O) groups is 1. The fraction of sp³-hybridized carbons (Fsp3) is 0.438. The highest BCUT2D eigenvalue weighted by Crippen LogP contribution is 2.38. The third kappa shape index (κ3) is 3.47. The Bertz CT molecular complexity index is 641. The second-order valence-electron chi connectivity index (χ2n) is 6.55. The van der Waals surface area contributed by atoms with Gasteiger partial charge in [0.05, 0.1) is 16.8 Å². The molecule has 124 valence electrons. The quantitative estimate of drug-likeness (QED) is 0.833. The standard InChI is InChI=1S/C16H21BFNO4/c1-15(2)16(3,4)23-17(22-15)11(9-19)7-10-5-6-12(18)8-13(10)14(20)21/h5-8H,9,19H2,1-4H3,(H,20,21). The van der Waals surface area contributed by atoms with Crippen molar-refractivity contribution in [1.82, 2.24) is 0 Å². The number of rotatable bonds is 4. The smallest absolute Gasteiger partial charge is 0.478 e. The van der Waals surface area contributed by atoms with Crippen LogP contribution < -0.4 is 5.73 Å². The number of hydrogen-bond donors (Lipinski definition) is 2. The number of halogens is 1. The first-order valence-electron chi connectivity index (χ1n) is 7.36. The van der Waals surface area contributed by atoms with E-state index in [9.17, 15) is 14.3 Å². The fourth-order valence-electron chi connectivity index (χ4n) is 2.26. The first-order chi connectivity index (χ1) is 10.6. The van der Waals surface area contributed by atoms with Crippen molar-refractivity contribution in [2.24, 2.45) is 5.73 Å². The second kappa shape index (κ2) is 6.07. The Morgan fingerprint density at radius 1 is 1.30 bits per heavy atom. The van der Waals surface area contributed by atoms with E-state index in [1.54, 1.807) is 6.08 Å². The van der Waals surface area contributed by atoms with Crippen molar-refractivity contribution in [3.8, 4) is 0 Å². The molecule has 5 nitrogen and oxygen atoms in total. The molecule has 0 aliphatic carbocycles. The van der Waals surface area contributed by atoms with Crippen LogP contribution in [0.15, 0.2) is 23.7 Å². The molecule has 1 aliphatic heterocycles. The van der Waals surface area contributed by atoms with Gasteiger partial charge in [0.15, 0.2) is 0 Å². The molecule has 0 bridgehead atoms. The molecule has 1 aliphatic rings. The molecule has 7 heteroatoms. The minimum absolute atomic E-state index is 0.132. The summed E-state index contributed by atoms with van der Waals surface area (Å²) in [7, 11) is -0.670. The maximum absolute atomic E-state index is 13.3. The van der Waals surface area contributed by atoms with Gasteiger partial charge in [-0.05, 0) is 50.9 Å². The predicted octanol–water partition coefficient (Wildman–Crippen LogP) is 2.50. The Kier molecular flexibility index (Phi) is 4.66. The third-order valence-corrected chi connectivity index (χ3v) is 4.38. The van der Waals surface area contributed by atoms with Gasteiger partial charge in [-0.25, -0.2) is 9.18 Å². The Hall–Kier alpha value is -1.70. The molecule has 23 heavy (non-hydrogen) atoms. The van der Waals surface area contributed by atoms with Gasteiger partial charge in [0, 0.05) is 6.54 Å². The lowest BCUT2D eigenvalue weighted by molar-refractivity contribution is 0.00578. The van der Waals surface area contributed by atoms with Crippen molar-refractivity contribution in [3.05, 3.63) is 40.6 Å². The zero-order chi connectivity index (χ0) is 17.4. The summed E-state index contributed by atoms with van der Waals surface area (Å²) in [5.41, 5.74) is 5.56. The minimum atomic E-state index is -1.21. The first-order valence-corrected chi connectivity index (χ1v) is 7.36. The van der Waals surface area contributed by atoms with Gasteiger partial charge in [-0.15, -0.1) is 0 Å². The first kappa shape index (κ1) is 17.7. The molecule has 0 radical (unpaired) electrons. The zero-order valence-electron chi connectivity index (χ0n) is 13.7. The van der Waals surface area contributed by atoms with Crippen molar-refractivity contribution in [1.29, 1.82) is 0 Å². The topological polar surface area (TPSA) is 81.8 Å². The van der Waals surface area contributed by atoms with E-state index >= 15 is 0 Å². The van der Waals surface area contributed by atoms with E-state index in [1.807, 2.05) is 27.7 Å². The van der Waals surface area contributed by atoms with Gasteiger partial charge in [0.25, 0.3) is 0 Å². The van der Waals surface area contributed by atoms with Crippen LogP contribution in [-0.2, 0) is 9.31 Å². The second-order valence-corrected chi connectivity index (χ2v) is 6.55. The summed E-state index contributed by atoms with van der Waals surface area (Å²) >= 11 is 0. The van der Waals surface area contributed by atoms with E-state index in [1.165, 1.54) is 12.1 Å². The molecule has 0 unspecified atom stereocenters. The number of nitrogens with two attached hydrogens (primary N) is 1. The molecular formula is C16H21BFNO4. The van der Waals surface area contributed by atoms with E-state index in [2.05, 4.69) is 0 Å². The molecular weight excluding hydrogens is 300 g/mol. The lowest BCUT2D eigenvalue weighted by Crippen LogP contribution is -2.41. The highest BCUT2D eigenvalue weighted by Gasteiger charge is 2.52. The van der Waals surface area contributed by atoms with Crippen LogP contribution in [0.5, 0.6) is 0 Å². The maximum atomic E-state index is 13.3. The molecule has 1 fully saturated rings. The summed E-state index contributed by atoms with van der Waals surface area (Å²) in [4.78, 5) is 11.3. The molecule has 1 aromatic carbocycles.